The van der Waals surface area contributed by atoms with Gasteiger partial charge in [-0.25, -0.2) is 14.6 Å². The zero-order valence-electron chi connectivity index (χ0n) is 21.4. The first kappa shape index (κ1) is 25.4. The minimum absolute atomic E-state index is 0.218. The Kier molecular flexibility index (Phi) is 7.00. The monoisotopic (exact) mass is 525 g/mol. The van der Waals surface area contributed by atoms with Gasteiger partial charge in [-0.1, -0.05) is 11.6 Å². The maximum Gasteiger partial charge on any atom is 0.410 e. The molecular formula is C27H32ClN5O4. The van der Waals surface area contributed by atoms with Crippen LogP contribution in [0, 0.1) is 0 Å². The number of aromatic nitrogens is 2. The van der Waals surface area contributed by atoms with Gasteiger partial charge < -0.3 is 24.6 Å². The minimum Gasteiger partial charge on any atom is -0.444 e. The van der Waals surface area contributed by atoms with E-state index < -0.39 is 5.60 Å². The van der Waals surface area contributed by atoms with Gasteiger partial charge in [-0.15, -0.1) is 0 Å². The molecule has 0 aliphatic carbocycles. The van der Waals surface area contributed by atoms with Crippen molar-refractivity contribution in [2.45, 2.75) is 45.9 Å². The van der Waals surface area contributed by atoms with Gasteiger partial charge >= 0.3 is 12.1 Å². The highest BCUT2D eigenvalue weighted by atomic mass is 35.5. The molecule has 10 heteroatoms. The maximum atomic E-state index is 13.5. The fourth-order valence-corrected chi connectivity index (χ4v) is 5.08. The van der Waals surface area contributed by atoms with Crippen LogP contribution >= 0.6 is 11.6 Å². The standard InChI is InChI=1S/C27H32ClN5O4/c1-27(2,3)37-26(35)32-9-7-23-21(17-32)20-15-19(31-10-12-36-13-11-31)4-5-22(20)33(23)25(34)30-16-18-6-8-29-24(28)14-18/h4-6,8,14-15H,7,9-13,16-17H2,1-3H3,(H,30,34). The Morgan fingerprint density at radius 2 is 1.92 bits per heavy atom. The third kappa shape index (κ3) is 5.52. The van der Waals surface area contributed by atoms with E-state index in [0.717, 1.165) is 46.5 Å². The first-order valence-electron chi connectivity index (χ1n) is 12.5. The lowest BCUT2D eigenvalue weighted by Crippen LogP contribution is -2.40. The number of benzene rings is 1. The summed E-state index contributed by atoms with van der Waals surface area (Å²) < 4.78 is 12.9. The summed E-state index contributed by atoms with van der Waals surface area (Å²) in [5.74, 6) is 0. The number of nitrogens with one attached hydrogen (secondary N) is 1. The van der Waals surface area contributed by atoms with Crippen LogP contribution in [0.5, 0.6) is 0 Å². The Hall–Kier alpha value is -3.30. The Labute approximate surface area is 221 Å². The molecule has 0 saturated carbocycles. The quantitative estimate of drug-likeness (QED) is 0.504. The summed E-state index contributed by atoms with van der Waals surface area (Å²) in [5, 5.41) is 4.37. The van der Waals surface area contributed by atoms with Crippen molar-refractivity contribution in [1.29, 1.82) is 0 Å². The predicted molar refractivity (Wildman–Crippen MR) is 142 cm³/mol. The van der Waals surface area contributed by atoms with Crippen LogP contribution in [0.1, 0.15) is 37.6 Å². The van der Waals surface area contributed by atoms with E-state index in [1.54, 1.807) is 21.7 Å². The van der Waals surface area contributed by atoms with Crippen molar-refractivity contribution in [1.82, 2.24) is 19.8 Å². The second-order valence-corrected chi connectivity index (χ2v) is 10.7. The number of rotatable bonds is 3. The molecule has 196 valence electrons. The number of ether oxygens (including phenoxy) is 2. The van der Waals surface area contributed by atoms with Crippen molar-refractivity contribution in [3.8, 4) is 0 Å². The van der Waals surface area contributed by atoms with Crippen molar-refractivity contribution in [2.24, 2.45) is 0 Å². The van der Waals surface area contributed by atoms with E-state index in [4.69, 9.17) is 21.1 Å². The summed E-state index contributed by atoms with van der Waals surface area (Å²) in [6.07, 6.45) is 1.82. The molecule has 0 unspecified atom stereocenters. The molecular weight excluding hydrogens is 494 g/mol. The number of pyridine rings is 1. The van der Waals surface area contributed by atoms with Gasteiger partial charge in [0.15, 0.2) is 0 Å². The van der Waals surface area contributed by atoms with Crippen LogP contribution < -0.4 is 10.2 Å². The van der Waals surface area contributed by atoms with E-state index in [1.165, 1.54) is 0 Å². The molecule has 3 aromatic rings. The number of anilines is 1. The van der Waals surface area contributed by atoms with E-state index >= 15 is 0 Å². The van der Waals surface area contributed by atoms with E-state index in [-0.39, 0.29) is 12.1 Å². The first-order valence-corrected chi connectivity index (χ1v) is 12.9. The molecule has 0 radical (unpaired) electrons. The molecule has 0 bridgehead atoms. The van der Waals surface area contributed by atoms with Gasteiger partial charge in [0, 0.05) is 61.1 Å². The number of halogens is 1. The van der Waals surface area contributed by atoms with Gasteiger partial charge in [0.2, 0.25) is 0 Å². The average molecular weight is 526 g/mol. The first-order chi connectivity index (χ1) is 17.7. The Morgan fingerprint density at radius 1 is 1.14 bits per heavy atom. The number of hydrogen-bond donors (Lipinski definition) is 1. The van der Waals surface area contributed by atoms with E-state index in [0.29, 0.717) is 44.4 Å². The molecule has 37 heavy (non-hydrogen) atoms. The highest BCUT2D eigenvalue weighted by molar-refractivity contribution is 6.29. The third-order valence-corrected chi connectivity index (χ3v) is 6.80. The smallest absolute Gasteiger partial charge is 0.410 e. The number of carbonyl (C=O) groups excluding carboxylic acids is 2. The molecule has 1 aromatic carbocycles. The zero-order chi connectivity index (χ0) is 26.2. The zero-order valence-corrected chi connectivity index (χ0v) is 22.2. The summed E-state index contributed by atoms with van der Waals surface area (Å²) in [6.45, 7) is 9.76. The van der Waals surface area contributed by atoms with Gasteiger partial charge in [0.05, 0.1) is 25.3 Å². The lowest BCUT2D eigenvalue weighted by molar-refractivity contribution is 0.0224. The number of nitrogens with zero attached hydrogens (tertiary/aromatic N) is 4. The van der Waals surface area contributed by atoms with Crippen LogP contribution in [0.15, 0.2) is 36.5 Å². The molecule has 2 aliphatic rings. The molecule has 0 spiro atoms. The molecule has 0 atom stereocenters. The molecule has 2 aromatic heterocycles. The van der Waals surface area contributed by atoms with Crippen molar-refractivity contribution < 1.29 is 19.1 Å². The summed E-state index contributed by atoms with van der Waals surface area (Å²) in [7, 11) is 0. The predicted octanol–water partition coefficient (Wildman–Crippen LogP) is 4.58. The summed E-state index contributed by atoms with van der Waals surface area (Å²) in [6, 6.07) is 9.52. The maximum absolute atomic E-state index is 13.5. The van der Waals surface area contributed by atoms with Crippen LogP contribution in [0.2, 0.25) is 5.15 Å². The van der Waals surface area contributed by atoms with E-state index in [1.807, 2.05) is 32.9 Å². The van der Waals surface area contributed by atoms with Gasteiger partial charge in [-0.05, 0) is 56.7 Å². The number of fused-ring (bicyclic) bond motifs is 3. The Balaban J connectivity index is 1.49. The number of morpholine rings is 1. The molecule has 1 fully saturated rings. The minimum atomic E-state index is -0.579. The second kappa shape index (κ2) is 10.2. The van der Waals surface area contributed by atoms with Gasteiger partial charge in [-0.2, -0.15) is 0 Å². The summed E-state index contributed by atoms with van der Waals surface area (Å²) >= 11 is 6.01. The third-order valence-electron chi connectivity index (χ3n) is 6.60. The Bertz CT molecular complexity index is 1330. The lowest BCUT2D eigenvalue weighted by Gasteiger charge is -2.31. The van der Waals surface area contributed by atoms with Gasteiger partial charge in [0.25, 0.3) is 0 Å². The summed E-state index contributed by atoms with van der Waals surface area (Å²) in [4.78, 5) is 34.4. The van der Waals surface area contributed by atoms with Crippen molar-refractivity contribution in [3.05, 3.63) is 58.5 Å². The van der Waals surface area contributed by atoms with Crippen LogP contribution in [0.25, 0.3) is 10.9 Å². The molecule has 2 amide bonds. The lowest BCUT2D eigenvalue weighted by atomic mass is 10.0. The molecule has 2 aliphatic heterocycles. The molecule has 4 heterocycles. The van der Waals surface area contributed by atoms with Crippen molar-refractivity contribution >= 4 is 40.3 Å². The van der Waals surface area contributed by atoms with Crippen LogP contribution in [-0.2, 0) is 29.0 Å². The van der Waals surface area contributed by atoms with Gasteiger partial charge in [-0.3, -0.25) is 4.57 Å². The topological polar surface area (TPSA) is 88.9 Å². The average Bonchev–Trinajstić information content (AvgIpc) is 3.20. The highest BCUT2D eigenvalue weighted by Gasteiger charge is 2.31. The Morgan fingerprint density at radius 3 is 2.65 bits per heavy atom. The normalized spacial score (nSPS) is 16.0. The van der Waals surface area contributed by atoms with Crippen molar-refractivity contribution in [3.63, 3.8) is 0 Å². The van der Waals surface area contributed by atoms with Crippen molar-refractivity contribution in [2.75, 3.05) is 37.7 Å². The number of hydrogen-bond acceptors (Lipinski definition) is 6. The van der Waals surface area contributed by atoms with E-state index in [9.17, 15) is 9.59 Å². The van der Waals surface area contributed by atoms with Gasteiger partial charge in [0.1, 0.15) is 10.8 Å². The second-order valence-electron chi connectivity index (χ2n) is 10.4. The molecule has 1 N–H and O–H groups in total. The van der Waals surface area contributed by atoms with Crippen LogP contribution in [0.4, 0.5) is 15.3 Å². The molecule has 5 rings (SSSR count). The highest BCUT2D eigenvalue weighted by Crippen LogP contribution is 2.34. The summed E-state index contributed by atoms with van der Waals surface area (Å²) in [5.41, 5.74) is 4.08. The fourth-order valence-electron chi connectivity index (χ4n) is 4.89. The largest absolute Gasteiger partial charge is 0.444 e. The van der Waals surface area contributed by atoms with E-state index in [2.05, 4.69) is 27.3 Å². The number of amides is 2. The molecule has 9 nitrogen and oxygen atoms in total. The number of carbonyl (C=O) groups is 2. The van der Waals surface area contributed by atoms with Crippen LogP contribution in [-0.4, -0.2) is 65.0 Å². The van der Waals surface area contributed by atoms with Crippen LogP contribution in [0.3, 0.4) is 0 Å². The molecule has 1 saturated heterocycles. The SMILES string of the molecule is CC(C)(C)OC(=O)N1CCc2c(c3cc(N4CCOCC4)ccc3n2C(=O)NCc2ccnc(Cl)c2)C1. The fraction of sp³-hybridized carbons (Fsp3) is 0.444.